The van der Waals surface area contributed by atoms with Gasteiger partial charge in [0.25, 0.3) is 5.91 Å². The molecule has 0 spiro atoms. The fraction of sp³-hybridized carbons (Fsp3) is 0.769. The van der Waals surface area contributed by atoms with Crippen molar-refractivity contribution in [1.29, 1.82) is 0 Å². The molecule has 0 aromatic carbocycles. The predicted octanol–water partition coefficient (Wildman–Crippen LogP) is 0.668. The molecule has 0 aromatic rings. The molecule has 0 radical (unpaired) electrons. The number of hydrogen-bond donors (Lipinski definition) is 0. The second-order valence-electron chi connectivity index (χ2n) is 6.01. The van der Waals surface area contributed by atoms with E-state index in [4.69, 9.17) is 0 Å². The van der Waals surface area contributed by atoms with Gasteiger partial charge in [0.2, 0.25) is 5.91 Å². The molecular weight excluding hydrogens is 246 g/mol. The molecule has 0 bridgehead atoms. The van der Waals surface area contributed by atoms with Crippen molar-refractivity contribution in [3.05, 3.63) is 0 Å². The lowest BCUT2D eigenvalue weighted by molar-refractivity contribution is -0.140. The Morgan fingerprint density at radius 1 is 1.21 bits per heavy atom. The summed E-state index contributed by atoms with van der Waals surface area (Å²) in [6, 6.07) is -0.915. The largest absolute Gasteiger partial charge is 0.338 e. The molecule has 2 heterocycles. The molecule has 0 N–H and O–H groups in total. The molecule has 2 fully saturated rings. The van der Waals surface area contributed by atoms with Crippen molar-refractivity contribution < 1.29 is 14.4 Å². The molecule has 0 aromatic heterocycles. The molecule has 4 amide bonds. The molecule has 19 heavy (non-hydrogen) atoms. The van der Waals surface area contributed by atoms with Gasteiger partial charge < -0.3 is 9.80 Å². The monoisotopic (exact) mass is 267 g/mol. The van der Waals surface area contributed by atoms with Gasteiger partial charge in [0.15, 0.2) is 0 Å². The van der Waals surface area contributed by atoms with E-state index in [1.165, 1.54) is 4.90 Å². The van der Waals surface area contributed by atoms with E-state index in [1.807, 2.05) is 13.8 Å². The third-order valence-corrected chi connectivity index (χ3v) is 4.22. The maximum absolute atomic E-state index is 12.3. The molecule has 2 saturated heterocycles. The zero-order valence-corrected chi connectivity index (χ0v) is 12.1. The highest BCUT2D eigenvalue weighted by Gasteiger charge is 2.54. The van der Waals surface area contributed by atoms with Crippen LogP contribution in [0.2, 0.25) is 0 Å². The molecule has 2 aliphatic heterocycles. The molecule has 6 heteroatoms. The van der Waals surface area contributed by atoms with Crippen LogP contribution >= 0.6 is 0 Å². The van der Waals surface area contributed by atoms with Gasteiger partial charge in [0.05, 0.1) is 0 Å². The van der Waals surface area contributed by atoms with Gasteiger partial charge in [-0.25, -0.2) is 9.69 Å². The van der Waals surface area contributed by atoms with Crippen molar-refractivity contribution in [1.82, 2.24) is 14.7 Å². The van der Waals surface area contributed by atoms with E-state index in [1.54, 1.807) is 25.8 Å². The first-order chi connectivity index (χ1) is 8.69. The Morgan fingerprint density at radius 3 is 2.16 bits per heavy atom. The van der Waals surface area contributed by atoms with Crippen LogP contribution in [0.1, 0.15) is 34.1 Å². The van der Waals surface area contributed by atoms with Gasteiger partial charge in [-0.1, -0.05) is 0 Å². The van der Waals surface area contributed by atoms with Gasteiger partial charge in [0, 0.05) is 19.6 Å². The zero-order valence-electron chi connectivity index (χ0n) is 12.1. The second kappa shape index (κ2) is 4.21. The normalized spacial score (nSPS) is 27.2. The standard InChI is InChI=1S/C13H21N3O3/c1-8(2)15-7-6-9(10(15)17)16-11(18)13(3,4)14(5)12(16)19/h8-9H,6-7H2,1-5H3. The molecular formula is C13H21N3O3. The number of likely N-dealkylation sites (tertiary alicyclic amines) is 1. The van der Waals surface area contributed by atoms with Crippen molar-refractivity contribution >= 4 is 17.8 Å². The van der Waals surface area contributed by atoms with Crippen molar-refractivity contribution in [2.75, 3.05) is 13.6 Å². The Morgan fingerprint density at radius 2 is 1.79 bits per heavy atom. The lowest BCUT2D eigenvalue weighted by Crippen LogP contribution is -2.47. The third kappa shape index (κ3) is 1.81. The van der Waals surface area contributed by atoms with E-state index in [0.29, 0.717) is 13.0 Å². The van der Waals surface area contributed by atoms with E-state index in [2.05, 4.69) is 0 Å². The number of hydrogen-bond acceptors (Lipinski definition) is 3. The van der Waals surface area contributed by atoms with Crippen LogP contribution in [0.3, 0.4) is 0 Å². The summed E-state index contributed by atoms with van der Waals surface area (Å²) in [6.07, 6.45) is 0.526. The van der Waals surface area contributed by atoms with Crippen LogP contribution in [-0.4, -0.2) is 63.8 Å². The number of nitrogens with zero attached hydrogens (tertiary/aromatic N) is 3. The van der Waals surface area contributed by atoms with E-state index < -0.39 is 11.6 Å². The summed E-state index contributed by atoms with van der Waals surface area (Å²) in [5.41, 5.74) is -0.872. The minimum atomic E-state index is -0.872. The minimum Gasteiger partial charge on any atom is -0.338 e. The SMILES string of the molecule is CC(C)N1CCC(N2C(=O)N(C)C(C)(C)C2=O)C1=O. The summed E-state index contributed by atoms with van der Waals surface area (Å²) in [5.74, 6) is -0.410. The second-order valence-corrected chi connectivity index (χ2v) is 6.01. The van der Waals surface area contributed by atoms with Crippen molar-refractivity contribution in [3.8, 4) is 0 Å². The van der Waals surface area contributed by atoms with Crippen LogP contribution in [0, 0.1) is 0 Å². The highest BCUT2D eigenvalue weighted by Crippen LogP contribution is 2.31. The Kier molecular flexibility index (Phi) is 3.07. The van der Waals surface area contributed by atoms with Crippen molar-refractivity contribution in [2.24, 2.45) is 0 Å². The van der Waals surface area contributed by atoms with E-state index >= 15 is 0 Å². The Balaban J connectivity index is 2.27. The molecule has 0 aliphatic carbocycles. The molecule has 2 aliphatic rings. The van der Waals surface area contributed by atoms with E-state index in [9.17, 15) is 14.4 Å². The molecule has 0 saturated carbocycles. The number of carbonyl (C=O) groups excluding carboxylic acids is 3. The summed E-state index contributed by atoms with van der Waals surface area (Å²) in [5, 5.41) is 0. The summed E-state index contributed by atoms with van der Waals surface area (Å²) in [7, 11) is 1.60. The lowest BCUT2D eigenvalue weighted by atomic mass is 10.0. The third-order valence-electron chi connectivity index (χ3n) is 4.22. The van der Waals surface area contributed by atoms with Crippen molar-refractivity contribution in [3.63, 3.8) is 0 Å². The van der Waals surface area contributed by atoms with Crippen LogP contribution in [0.15, 0.2) is 0 Å². The van der Waals surface area contributed by atoms with Crippen LogP contribution < -0.4 is 0 Å². The first-order valence-corrected chi connectivity index (χ1v) is 6.61. The van der Waals surface area contributed by atoms with Gasteiger partial charge in [-0.05, 0) is 34.1 Å². The average Bonchev–Trinajstić information content (AvgIpc) is 2.75. The maximum atomic E-state index is 12.3. The fourth-order valence-electron chi connectivity index (χ4n) is 2.64. The lowest BCUT2D eigenvalue weighted by Gasteiger charge is -2.24. The molecule has 1 unspecified atom stereocenters. The number of imide groups is 1. The molecule has 1 atom stereocenters. The smallest absolute Gasteiger partial charge is 0.328 e. The topological polar surface area (TPSA) is 60.9 Å². The van der Waals surface area contributed by atoms with Crippen LogP contribution in [0.25, 0.3) is 0 Å². The first-order valence-electron chi connectivity index (χ1n) is 6.61. The van der Waals surface area contributed by atoms with Gasteiger partial charge >= 0.3 is 6.03 Å². The maximum Gasteiger partial charge on any atom is 0.328 e. The number of amides is 4. The van der Waals surface area contributed by atoms with Gasteiger partial charge in [-0.3, -0.25) is 9.59 Å². The van der Waals surface area contributed by atoms with E-state index in [-0.39, 0.29) is 23.9 Å². The van der Waals surface area contributed by atoms with Crippen molar-refractivity contribution in [2.45, 2.75) is 51.7 Å². The summed E-state index contributed by atoms with van der Waals surface area (Å²) in [6.45, 7) is 7.87. The highest BCUT2D eigenvalue weighted by molar-refractivity contribution is 6.09. The van der Waals surface area contributed by atoms with Gasteiger partial charge in [-0.15, -0.1) is 0 Å². The Hall–Kier alpha value is -1.59. The quantitative estimate of drug-likeness (QED) is 0.691. The highest BCUT2D eigenvalue weighted by atomic mass is 16.2. The minimum absolute atomic E-state index is 0.0936. The number of likely N-dealkylation sites (N-methyl/N-ethyl adjacent to an activating group) is 1. The van der Waals surface area contributed by atoms with Crippen LogP contribution in [-0.2, 0) is 9.59 Å². The summed E-state index contributed by atoms with van der Waals surface area (Å²) in [4.78, 5) is 41.1. The van der Waals surface area contributed by atoms with Gasteiger partial charge in [0.1, 0.15) is 11.6 Å². The van der Waals surface area contributed by atoms with Crippen LogP contribution in [0.4, 0.5) is 4.79 Å². The van der Waals surface area contributed by atoms with Gasteiger partial charge in [-0.2, -0.15) is 0 Å². The number of carbonyl (C=O) groups is 3. The average molecular weight is 267 g/mol. The summed E-state index contributed by atoms with van der Waals surface area (Å²) < 4.78 is 0. The number of urea groups is 1. The number of rotatable bonds is 2. The fourth-order valence-corrected chi connectivity index (χ4v) is 2.64. The Labute approximate surface area is 113 Å². The first kappa shape index (κ1) is 13.8. The van der Waals surface area contributed by atoms with Crippen LogP contribution in [0.5, 0.6) is 0 Å². The zero-order chi connectivity index (χ0) is 14.5. The summed E-state index contributed by atoms with van der Waals surface area (Å²) >= 11 is 0. The van der Waals surface area contributed by atoms with E-state index in [0.717, 1.165) is 4.90 Å². The molecule has 2 rings (SSSR count). The molecule has 6 nitrogen and oxygen atoms in total. The Bertz CT molecular complexity index is 444. The molecule has 106 valence electrons. The predicted molar refractivity (Wildman–Crippen MR) is 69.3 cm³/mol.